The summed E-state index contributed by atoms with van der Waals surface area (Å²) in [7, 11) is 0. The average Bonchev–Trinajstić information content (AvgIpc) is 2.99. The first-order chi connectivity index (χ1) is 12.6. The van der Waals surface area contributed by atoms with E-state index >= 15 is 0 Å². The van der Waals surface area contributed by atoms with Crippen molar-refractivity contribution >= 4 is 35.1 Å². The molecule has 1 heterocycles. The predicted molar refractivity (Wildman–Crippen MR) is 101 cm³/mol. The van der Waals surface area contributed by atoms with Crippen LogP contribution in [-0.2, 0) is 25.5 Å². The average molecular weight is 398 g/mol. The SMILES string of the molecule is CC(=O)NCCc1ccc(C(=O)COC(=O)CCNC(=O)OC(C)(C)C)s1. The number of carbonyl (C=O) groups excluding carboxylic acids is 4. The lowest BCUT2D eigenvalue weighted by molar-refractivity contribution is -0.142. The number of rotatable bonds is 9. The van der Waals surface area contributed by atoms with Crippen molar-refractivity contribution in [3.63, 3.8) is 0 Å². The van der Waals surface area contributed by atoms with Crippen LogP contribution in [0.2, 0.25) is 0 Å². The highest BCUT2D eigenvalue weighted by Crippen LogP contribution is 2.17. The molecule has 0 aliphatic carbocycles. The Morgan fingerprint density at radius 3 is 2.41 bits per heavy atom. The van der Waals surface area contributed by atoms with Crippen LogP contribution in [-0.4, -0.2) is 49.1 Å². The van der Waals surface area contributed by atoms with E-state index in [1.54, 1.807) is 26.8 Å². The van der Waals surface area contributed by atoms with E-state index in [1.165, 1.54) is 18.3 Å². The van der Waals surface area contributed by atoms with E-state index in [1.807, 2.05) is 6.07 Å². The number of hydrogen-bond acceptors (Lipinski definition) is 7. The van der Waals surface area contributed by atoms with Crippen LogP contribution in [0.3, 0.4) is 0 Å². The van der Waals surface area contributed by atoms with Gasteiger partial charge in [0.15, 0.2) is 6.61 Å². The number of Topliss-reactive ketones (excluding diaryl/α,β-unsaturated/α-hetero) is 1. The number of alkyl carbamates (subject to hydrolysis) is 1. The van der Waals surface area contributed by atoms with Gasteiger partial charge in [-0.3, -0.25) is 14.4 Å². The Labute approximate surface area is 162 Å². The number of hydrogen-bond donors (Lipinski definition) is 2. The van der Waals surface area contributed by atoms with Crippen LogP contribution in [0.1, 0.15) is 48.7 Å². The van der Waals surface area contributed by atoms with E-state index in [9.17, 15) is 19.2 Å². The Hall–Kier alpha value is -2.42. The molecule has 0 spiro atoms. The van der Waals surface area contributed by atoms with Gasteiger partial charge in [0.05, 0.1) is 11.3 Å². The fourth-order valence-corrected chi connectivity index (χ4v) is 2.83. The lowest BCUT2D eigenvalue weighted by atomic mass is 10.2. The Bertz CT molecular complexity index is 678. The molecule has 0 aliphatic heterocycles. The second-order valence-corrected chi connectivity index (χ2v) is 7.93. The molecule has 1 aromatic heterocycles. The molecule has 0 fully saturated rings. The topological polar surface area (TPSA) is 111 Å². The van der Waals surface area contributed by atoms with Gasteiger partial charge in [0.2, 0.25) is 11.7 Å². The lowest BCUT2D eigenvalue weighted by Gasteiger charge is -2.19. The molecule has 27 heavy (non-hydrogen) atoms. The van der Waals surface area contributed by atoms with Crippen molar-refractivity contribution in [1.29, 1.82) is 0 Å². The summed E-state index contributed by atoms with van der Waals surface area (Å²) in [6.07, 6.45) is -0.0381. The molecule has 150 valence electrons. The van der Waals surface area contributed by atoms with Gasteiger partial charge in [-0.1, -0.05) is 0 Å². The third kappa shape index (κ3) is 10.3. The Morgan fingerprint density at radius 2 is 1.78 bits per heavy atom. The standard InChI is InChI=1S/C18H26N2O6S/c1-12(21)19-9-7-13-5-6-15(27-13)14(22)11-25-16(23)8-10-20-17(24)26-18(2,3)4/h5-6H,7-11H2,1-4H3,(H,19,21)(H,20,24). The summed E-state index contributed by atoms with van der Waals surface area (Å²) in [6.45, 7) is 6.88. The zero-order valence-electron chi connectivity index (χ0n) is 16.0. The Kier molecular flexibility index (Phi) is 8.93. The molecule has 0 atom stereocenters. The number of amides is 2. The summed E-state index contributed by atoms with van der Waals surface area (Å²) in [5.74, 6) is -0.975. The molecule has 1 rings (SSSR count). The molecule has 0 aliphatic rings. The van der Waals surface area contributed by atoms with E-state index in [-0.39, 0.29) is 31.3 Å². The van der Waals surface area contributed by atoms with Gasteiger partial charge < -0.3 is 20.1 Å². The van der Waals surface area contributed by atoms with Crippen LogP contribution in [0.25, 0.3) is 0 Å². The van der Waals surface area contributed by atoms with Crippen LogP contribution in [0.4, 0.5) is 4.79 Å². The molecule has 0 bridgehead atoms. The fraction of sp³-hybridized carbons (Fsp3) is 0.556. The highest BCUT2D eigenvalue weighted by Gasteiger charge is 2.16. The van der Waals surface area contributed by atoms with E-state index in [0.717, 1.165) is 4.88 Å². The molecular weight excluding hydrogens is 372 g/mol. The van der Waals surface area contributed by atoms with E-state index < -0.39 is 17.7 Å². The van der Waals surface area contributed by atoms with Gasteiger partial charge in [-0.05, 0) is 39.3 Å². The first-order valence-electron chi connectivity index (χ1n) is 8.55. The maximum Gasteiger partial charge on any atom is 0.407 e. The van der Waals surface area contributed by atoms with Crippen molar-refractivity contribution in [2.24, 2.45) is 0 Å². The highest BCUT2D eigenvalue weighted by atomic mass is 32.1. The zero-order valence-corrected chi connectivity index (χ0v) is 16.9. The van der Waals surface area contributed by atoms with Crippen molar-refractivity contribution in [1.82, 2.24) is 10.6 Å². The second kappa shape index (κ2) is 10.7. The summed E-state index contributed by atoms with van der Waals surface area (Å²) in [5.41, 5.74) is -0.612. The molecule has 9 heteroatoms. The minimum Gasteiger partial charge on any atom is -0.457 e. The van der Waals surface area contributed by atoms with Crippen LogP contribution in [0.5, 0.6) is 0 Å². The van der Waals surface area contributed by atoms with Gasteiger partial charge in [-0.25, -0.2) is 4.79 Å². The second-order valence-electron chi connectivity index (χ2n) is 6.76. The first-order valence-corrected chi connectivity index (χ1v) is 9.37. The maximum absolute atomic E-state index is 12.1. The van der Waals surface area contributed by atoms with Gasteiger partial charge in [-0.2, -0.15) is 0 Å². The molecule has 0 unspecified atom stereocenters. The highest BCUT2D eigenvalue weighted by molar-refractivity contribution is 7.14. The van der Waals surface area contributed by atoms with Gasteiger partial charge in [-0.15, -0.1) is 11.3 Å². The van der Waals surface area contributed by atoms with Gasteiger partial charge in [0, 0.05) is 24.9 Å². The van der Waals surface area contributed by atoms with Crippen molar-refractivity contribution < 1.29 is 28.7 Å². The van der Waals surface area contributed by atoms with Crippen molar-refractivity contribution in [3.8, 4) is 0 Å². The van der Waals surface area contributed by atoms with Gasteiger partial charge in [0.25, 0.3) is 0 Å². The zero-order chi connectivity index (χ0) is 20.4. The third-order valence-corrected chi connectivity index (χ3v) is 4.23. The minimum atomic E-state index is -0.614. The number of carbonyl (C=O) groups is 4. The first kappa shape index (κ1) is 22.6. The lowest BCUT2D eigenvalue weighted by Crippen LogP contribution is -2.33. The van der Waals surface area contributed by atoms with Crippen LogP contribution < -0.4 is 10.6 Å². The van der Waals surface area contributed by atoms with Crippen molar-refractivity contribution in [2.75, 3.05) is 19.7 Å². The molecule has 0 radical (unpaired) electrons. The molecule has 2 N–H and O–H groups in total. The number of ketones is 1. The third-order valence-electron chi connectivity index (χ3n) is 3.04. The molecule has 0 saturated carbocycles. The molecule has 1 aromatic rings. The maximum atomic E-state index is 12.1. The van der Waals surface area contributed by atoms with Crippen molar-refractivity contribution in [3.05, 3.63) is 21.9 Å². The quantitative estimate of drug-likeness (QED) is 0.487. The minimum absolute atomic E-state index is 0.0566. The summed E-state index contributed by atoms with van der Waals surface area (Å²) >= 11 is 1.31. The summed E-state index contributed by atoms with van der Waals surface area (Å²) in [4.78, 5) is 47.4. The smallest absolute Gasteiger partial charge is 0.407 e. The summed E-state index contributed by atoms with van der Waals surface area (Å²) in [6, 6.07) is 3.49. The summed E-state index contributed by atoms with van der Waals surface area (Å²) in [5, 5.41) is 5.13. The molecule has 0 aromatic carbocycles. The Balaban J connectivity index is 2.27. The molecular formula is C18H26N2O6S. The van der Waals surface area contributed by atoms with Crippen molar-refractivity contribution in [2.45, 2.75) is 46.1 Å². The van der Waals surface area contributed by atoms with Crippen LogP contribution >= 0.6 is 11.3 Å². The monoisotopic (exact) mass is 398 g/mol. The number of nitrogens with one attached hydrogen (secondary N) is 2. The normalized spacial score (nSPS) is 10.8. The van der Waals surface area contributed by atoms with E-state index in [4.69, 9.17) is 9.47 Å². The Morgan fingerprint density at radius 1 is 1.07 bits per heavy atom. The number of thiophene rings is 1. The summed E-state index contributed by atoms with van der Waals surface area (Å²) < 4.78 is 9.97. The molecule has 2 amide bonds. The van der Waals surface area contributed by atoms with Gasteiger partial charge >= 0.3 is 12.1 Å². The number of ether oxygens (including phenoxy) is 2. The van der Waals surface area contributed by atoms with Crippen LogP contribution in [0.15, 0.2) is 12.1 Å². The number of esters is 1. The van der Waals surface area contributed by atoms with Gasteiger partial charge in [0.1, 0.15) is 5.60 Å². The predicted octanol–water partition coefficient (Wildman–Crippen LogP) is 2.07. The van der Waals surface area contributed by atoms with E-state index in [0.29, 0.717) is 17.8 Å². The van der Waals surface area contributed by atoms with Crippen LogP contribution in [0, 0.1) is 0 Å². The fourth-order valence-electron chi connectivity index (χ4n) is 1.89. The molecule has 8 nitrogen and oxygen atoms in total. The van der Waals surface area contributed by atoms with E-state index in [2.05, 4.69) is 10.6 Å². The molecule has 0 saturated heterocycles. The largest absolute Gasteiger partial charge is 0.457 e.